The number of aromatic amines is 1. The Morgan fingerprint density at radius 2 is 1.96 bits per heavy atom. The van der Waals surface area contributed by atoms with Gasteiger partial charge >= 0.3 is 0 Å². The van der Waals surface area contributed by atoms with Gasteiger partial charge in [0.15, 0.2) is 0 Å². The van der Waals surface area contributed by atoms with Crippen molar-refractivity contribution in [3.05, 3.63) is 35.7 Å². The van der Waals surface area contributed by atoms with Gasteiger partial charge in [0.25, 0.3) is 5.91 Å². The molecule has 1 amide bonds. The van der Waals surface area contributed by atoms with E-state index in [1.165, 1.54) is 19.3 Å². The lowest BCUT2D eigenvalue weighted by atomic mass is 10.1. The zero-order chi connectivity index (χ0) is 16.4. The van der Waals surface area contributed by atoms with Gasteiger partial charge in [-0.05, 0) is 38.1 Å². The lowest BCUT2D eigenvalue weighted by molar-refractivity contribution is 0.0753. The number of piperidine rings is 1. The van der Waals surface area contributed by atoms with Crippen LogP contribution < -0.4 is 0 Å². The van der Waals surface area contributed by atoms with Crippen molar-refractivity contribution < 1.29 is 4.79 Å². The fourth-order valence-electron chi connectivity index (χ4n) is 3.65. The minimum Gasteiger partial charge on any atom is -0.357 e. The normalized spacial score (nSPS) is 19.1. The number of carbonyl (C=O) groups excluding carboxylic acids is 1. The van der Waals surface area contributed by atoms with Crippen molar-refractivity contribution in [2.24, 2.45) is 0 Å². The minimum absolute atomic E-state index is 0.0660. The SMILES string of the molecule is O=C(c1ccc[nH]1)N1CCc2nnc(CN3CCCCC3)n2CC1. The number of nitrogens with one attached hydrogen (secondary N) is 1. The van der Waals surface area contributed by atoms with E-state index < -0.39 is 0 Å². The van der Waals surface area contributed by atoms with E-state index in [9.17, 15) is 4.79 Å². The van der Waals surface area contributed by atoms with Gasteiger partial charge in [0.2, 0.25) is 0 Å². The summed E-state index contributed by atoms with van der Waals surface area (Å²) in [7, 11) is 0. The fraction of sp³-hybridized carbons (Fsp3) is 0.588. The summed E-state index contributed by atoms with van der Waals surface area (Å²) in [5, 5.41) is 8.79. The van der Waals surface area contributed by atoms with E-state index in [4.69, 9.17) is 0 Å². The minimum atomic E-state index is 0.0660. The molecule has 0 unspecified atom stereocenters. The largest absolute Gasteiger partial charge is 0.357 e. The Kier molecular flexibility index (Phi) is 4.34. The molecule has 4 rings (SSSR count). The highest BCUT2D eigenvalue weighted by molar-refractivity contribution is 5.92. The fourth-order valence-corrected chi connectivity index (χ4v) is 3.65. The van der Waals surface area contributed by atoms with Crippen LogP contribution >= 0.6 is 0 Å². The number of hydrogen-bond acceptors (Lipinski definition) is 4. The second-order valence-corrected chi connectivity index (χ2v) is 6.65. The zero-order valence-corrected chi connectivity index (χ0v) is 13.9. The molecule has 2 aliphatic rings. The molecule has 0 saturated carbocycles. The standard InChI is InChI=1S/C17H24N6O/c24-17(14-5-4-7-18-14)22-10-6-15-19-20-16(23(15)12-11-22)13-21-8-2-1-3-9-21/h4-5,7,18H,1-3,6,8-13H2. The van der Waals surface area contributed by atoms with Gasteiger partial charge in [-0.25, -0.2) is 0 Å². The maximum absolute atomic E-state index is 12.5. The third kappa shape index (κ3) is 3.08. The molecule has 1 N–H and O–H groups in total. The number of likely N-dealkylation sites (tertiary alicyclic amines) is 1. The summed E-state index contributed by atoms with van der Waals surface area (Å²) < 4.78 is 2.22. The first kappa shape index (κ1) is 15.4. The summed E-state index contributed by atoms with van der Waals surface area (Å²) in [6.07, 6.45) is 6.44. The van der Waals surface area contributed by atoms with Gasteiger partial charge in [-0.3, -0.25) is 9.69 Å². The first-order valence-electron chi connectivity index (χ1n) is 8.87. The lowest BCUT2D eigenvalue weighted by Gasteiger charge is -2.26. The molecule has 128 valence electrons. The summed E-state index contributed by atoms with van der Waals surface area (Å²) in [5.74, 6) is 2.11. The number of hydrogen-bond donors (Lipinski definition) is 1. The van der Waals surface area contributed by atoms with E-state index in [0.717, 1.165) is 44.2 Å². The molecule has 0 radical (unpaired) electrons. The molecule has 2 aromatic heterocycles. The van der Waals surface area contributed by atoms with Crippen molar-refractivity contribution in [1.29, 1.82) is 0 Å². The van der Waals surface area contributed by atoms with E-state index in [1.807, 2.05) is 17.0 Å². The Bertz CT molecular complexity index is 686. The van der Waals surface area contributed by atoms with Crippen LogP contribution in [0.4, 0.5) is 0 Å². The summed E-state index contributed by atoms with van der Waals surface area (Å²) >= 11 is 0. The van der Waals surface area contributed by atoms with Gasteiger partial charge < -0.3 is 14.5 Å². The van der Waals surface area contributed by atoms with Crippen LogP contribution in [0.5, 0.6) is 0 Å². The quantitative estimate of drug-likeness (QED) is 0.922. The maximum atomic E-state index is 12.5. The van der Waals surface area contributed by atoms with Gasteiger partial charge in [-0.15, -0.1) is 10.2 Å². The van der Waals surface area contributed by atoms with Crippen molar-refractivity contribution in [2.45, 2.75) is 38.8 Å². The van der Waals surface area contributed by atoms with E-state index >= 15 is 0 Å². The molecule has 2 aromatic rings. The zero-order valence-electron chi connectivity index (χ0n) is 13.9. The van der Waals surface area contributed by atoms with Crippen molar-refractivity contribution in [3.63, 3.8) is 0 Å². The second kappa shape index (κ2) is 6.76. The molecule has 4 heterocycles. The van der Waals surface area contributed by atoms with Crippen LogP contribution in [0.1, 0.15) is 41.4 Å². The molecule has 0 spiro atoms. The van der Waals surface area contributed by atoms with Crippen LogP contribution in [0.2, 0.25) is 0 Å². The van der Waals surface area contributed by atoms with Crippen LogP contribution in [-0.2, 0) is 19.5 Å². The third-order valence-electron chi connectivity index (χ3n) is 5.03. The van der Waals surface area contributed by atoms with Crippen LogP contribution in [0.25, 0.3) is 0 Å². The Hall–Kier alpha value is -2.15. The number of aromatic nitrogens is 4. The summed E-state index contributed by atoms with van der Waals surface area (Å²) in [5.41, 5.74) is 0.654. The number of fused-ring (bicyclic) bond motifs is 1. The van der Waals surface area contributed by atoms with Crippen LogP contribution in [0, 0.1) is 0 Å². The predicted molar refractivity (Wildman–Crippen MR) is 89.6 cm³/mol. The second-order valence-electron chi connectivity index (χ2n) is 6.65. The first-order valence-corrected chi connectivity index (χ1v) is 8.87. The molecule has 1 saturated heterocycles. The molecule has 0 aliphatic carbocycles. The van der Waals surface area contributed by atoms with Gasteiger partial charge in [0.05, 0.1) is 6.54 Å². The molecule has 0 aromatic carbocycles. The summed E-state index contributed by atoms with van der Waals surface area (Å²) in [6, 6.07) is 3.69. The highest BCUT2D eigenvalue weighted by atomic mass is 16.2. The molecule has 7 nitrogen and oxygen atoms in total. The Morgan fingerprint density at radius 3 is 2.75 bits per heavy atom. The van der Waals surface area contributed by atoms with Gasteiger partial charge in [-0.2, -0.15) is 0 Å². The molecular weight excluding hydrogens is 304 g/mol. The van der Waals surface area contributed by atoms with E-state index in [-0.39, 0.29) is 5.91 Å². The van der Waals surface area contributed by atoms with Crippen LogP contribution in [0.15, 0.2) is 18.3 Å². The Balaban J connectivity index is 1.44. The van der Waals surface area contributed by atoms with E-state index in [0.29, 0.717) is 18.8 Å². The number of rotatable bonds is 3. The highest BCUT2D eigenvalue weighted by Crippen LogP contribution is 2.16. The number of amides is 1. The molecule has 2 aliphatic heterocycles. The molecule has 24 heavy (non-hydrogen) atoms. The average molecular weight is 328 g/mol. The summed E-state index contributed by atoms with van der Waals surface area (Å²) in [4.78, 5) is 19.9. The maximum Gasteiger partial charge on any atom is 0.270 e. The first-order chi connectivity index (χ1) is 11.8. The number of carbonyl (C=O) groups is 1. The van der Waals surface area contributed by atoms with Crippen molar-refractivity contribution in [1.82, 2.24) is 29.5 Å². The van der Waals surface area contributed by atoms with Gasteiger partial charge in [-0.1, -0.05) is 6.42 Å². The van der Waals surface area contributed by atoms with E-state index in [1.54, 1.807) is 6.20 Å². The van der Waals surface area contributed by atoms with Crippen LogP contribution in [-0.4, -0.2) is 61.6 Å². The molecule has 1 fully saturated rings. The predicted octanol–water partition coefficient (Wildman–Crippen LogP) is 1.29. The number of nitrogens with zero attached hydrogens (tertiary/aromatic N) is 5. The van der Waals surface area contributed by atoms with Crippen molar-refractivity contribution in [2.75, 3.05) is 26.2 Å². The van der Waals surface area contributed by atoms with Gasteiger partial charge in [0, 0.05) is 32.3 Å². The molecule has 0 atom stereocenters. The lowest BCUT2D eigenvalue weighted by Crippen LogP contribution is -2.34. The Morgan fingerprint density at radius 1 is 1.08 bits per heavy atom. The van der Waals surface area contributed by atoms with E-state index in [2.05, 4.69) is 24.6 Å². The highest BCUT2D eigenvalue weighted by Gasteiger charge is 2.24. The van der Waals surface area contributed by atoms with Crippen molar-refractivity contribution in [3.8, 4) is 0 Å². The Labute approximate surface area is 141 Å². The smallest absolute Gasteiger partial charge is 0.270 e. The van der Waals surface area contributed by atoms with Crippen molar-refractivity contribution >= 4 is 5.91 Å². The average Bonchev–Trinajstić information content (AvgIpc) is 3.22. The molecular formula is C17H24N6O. The number of H-pyrrole nitrogens is 1. The van der Waals surface area contributed by atoms with Crippen LogP contribution in [0.3, 0.4) is 0 Å². The monoisotopic (exact) mass is 328 g/mol. The third-order valence-corrected chi connectivity index (χ3v) is 5.03. The summed E-state index contributed by atoms with van der Waals surface area (Å²) in [6.45, 7) is 5.35. The topological polar surface area (TPSA) is 70.1 Å². The molecule has 0 bridgehead atoms. The molecule has 7 heteroatoms. The van der Waals surface area contributed by atoms with Gasteiger partial charge in [0.1, 0.15) is 17.3 Å².